The first-order valence-corrected chi connectivity index (χ1v) is 7.60. The molecule has 6 heteroatoms. The summed E-state index contributed by atoms with van der Waals surface area (Å²) in [4.78, 5) is 23.3. The molecule has 1 fully saturated rings. The lowest BCUT2D eigenvalue weighted by Crippen LogP contribution is -2.32. The Morgan fingerprint density at radius 3 is 2.64 bits per heavy atom. The van der Waals surface area contributed by atoms with Gasteiger partial charge in [0.1, 0.15) is 12.4 Å². The highest BCUT2D eigenvalue weighted by atomic mass is 16.2. The zero-order valence-corrected chi connectivity index (χ0v) is 13.3. The van der Waals surface area contributed by atoms with E-state index in [4.69, 9.17) is 0 Å². The minimum absolute atomic E-state index is 0.106. The van der Waals surface area contributed by atoms with Gasteiger partial charge < -0.3 is 4.90 Å². The first kappa shape index (κ1) is 14.7. The minimum atomic E-state index is 0.106. The number of aryl methyl sites for hydroxylation is 3. The second-order valence-corrected chi connectivity index (χ2v) is 6.05. The molecule has 0 saturated carbocycles. The molecule has 3 heterocycles. The van der Waals surface area contributed by atoms with Gasteiger partial charge in [0, 0.05) is 36.6 Å². The number of carbonyl (C=O) groups is 1. The van der Waals surface area contributed by atoms with Crippen LogP contribution in [0.5, 0.6) is 0 Å². The van der Waals surface area contributed by atoms with E-state index in [1.165, 1.54) is 0 Å². The lowest BCUT2D eigenvalue weighted by atomic mass is 10.1. The number of hydrogen-bond donors (Lipinski definition) is 0. The molecule has 6 nitrogen and oxygen atoms in total. The zero-order valence-electron chi connectivity index (χ0n) is 13.3. The normalized spacial score (nSPS) is 18.0. The van der Waals surface area contributed by atoms with Crippen molar-refractivity contribution in [2.24, 2.45) is 0 Å². The highest BCUT2D eigenvalue weighted by Gasteiger charge is 2.29. The van der Waals surface area contributed by atoms with Crippen molar-refractivity contribution in [3.8, 4) is 0 Å². The van der Waals surface area contributed by atoms with Crippen LogP contribution >= 0.6 is 0 Å². The molecule has 0 aliphatic carbocycles. The van der Waals surface area contributed by atoms with Crippen molar-refractivity contribution in [3.63, 3.8) is 0 Å². The Bertz CT molecular complexity index is 673. The van der Waals surface area contributed by atoms with E-state index in [0.717, 1.165) is 35.7 Å². The van der Waals surface area contributed by atoms with E-state index in [1.54, 1.807) is 10.9 Å². The van der Waals surface area contributed by atoms with Crippen LogP contribution in [0, 0.1) is 20.8 Å². The van der Waals surface area contributed by atoms with Gasteiger partial charge in [-0.2, -0.15) is 5.10 Å². The summed E-state index contributed by atoms with van der Waals surface area (Å²) in [5.74, 6) is 1.21. The highest BCUT2D eigenvalue weighted by molar-refractivity contribution is 5.76. The predicted octanol–water partition coefficient (Wildman–Crippen LogP) is 1.61. The number of aromatic nitrogens is 4. The fourth-order valence-electron chi connectivity index (χ4n) is 2.93. The molecule has 0 unspecified atom stereocenters. The van der Waals surface area contributed by atoms with E-state index in [2.05, 4.69) is 15.1 Å². The van der Waals surface area contributed by atoms with Gasteiger partial charge in [0.25, 0.3) is 0 Å². The summed E-state index contributed by atoms with van der Waals surface area (Å²) in [7, 11) is 0. The molecule has 0 radical (unpaired) electrons. The van der Waals surface area contributed by atoms with Gasteiger partial charge in [0.15, 0.2) is 0 Å². The molecule has 0 aromatic carbocycles. The third-order valence-electron chi connectivity index (χ3n) is 3.97. The monoisotopic (exact) mass is 299 g/mol. The van der Waals surface area contributed by atoms with Crippen LogP contribution in [0.15, 0.2) is 18.5 Å². The van der Waals surface area contributed by atoms with E-state index < -0.39 is 0 Å². The maximum absolute atomic E-state index is 12.4. The molecule has 1 aliphatic rings. The first-order valence-electron chi connectivity index (χ1n) is 7.60. The molecule has 1 aliphatic heterocycles. The fraction of sp³-hybridized carbons (Fsp3) is 0.500. The molecule has 1 amide bonds. The fourth-order valence-corrected chi connectivity index (χ4v) is 2.93. The second-order valence-electron chi connectivity index (χ2n) is 6.05. The second kappa shape index (κ2) is 5.87. The number of rotatable bonds is 3. The molecular weight excluding hydrogens is 278 g/mol. The topological polar surface area (TPSA) is 63.9 Å². The van der Waals surface area contributed by atoms with E-state index in [1.807, 2.05) is 37.9 Å². The molecule has 3 rings (SSSR count). The van der Waals surface area contributed by atoms with Gasteiger partial charge in [0.2, 0.25) is 5.91 Å². The van der Waals surface area contributed by atoms with Crippen LogP contribution in [0.1, 0.15) is 35.1 Å². The molecule has 0 spiro atoms. The van der Waals surface area contributed by atoms with E-state index >= 15 is 0 Å². The van der Waals surface area contributed by atoms with E-state index in [9.17, 15) is 4.79 Å². The number of carbonyl (C=O) groups excluding carboxylic acids is 1. The smallest absolute Gasteiger partial charge is 0.244 e. The number of hydrogen-bond acceptors (Lipinski definition) is 4. The maximum atomic E-state index is 12.4. The van der Waals surface area contributed by atoms with Crippen LogP contribution in [0.3, 0.4) is 0 Å². The standard InChI is InChI=1S/C16H21N5O/c1-11-7-17-21(8-11)10-15(22)20-5-4-14(9-20)16-18-12(2)6-13(3)19-16/h6-8,14H,4-5,9-10H2,1-3H3/t14-/m1/s1. The summed E-state index contributed by atoms with van der Waals surface area (Å²) in [6.07, 6.45) is 4.58. The largest absolute Gasteiger partial charge is 0.340 e. The molecular formula is C16H21N5O. The lowest BCUT2D eigenvalue weighted by Gasteiger charge is -2.16. The molecule has 22 heavy (non-hydrogen) atoms. The Morgan fingerprint density at radius 2 is 2.00 bits per heavy atom. The van der Waals surface area contributed by atoms with Crippen molar-refractivity contribution in [2.45, 2.75) is 39.7 Å². The van der Waals surface area contributed by atoms with Crippen molar-refractivity contribution in [1.29, 1.82) is 0 Å². The predicted molar refractivity (Wildman–Crippen MR) is 82.4 cm³/mol. The van der Waals surface area contributed by atoms with Crippen LogP contribution in [-0.4, -0.2) is 43.6 Å². The summed E-state index contributed by atoms with van der Waals surface area (Å²) in [6, 6.07) is 1.97. The van der Waals surface area contributed by atoms with Gasteiger partial charge in [0.05, 0.1) is 6.20 Å². The number of nitrogens with zero attached hydrogens (tertiary/aromatic N) is 5. The number of amides is 1. The molecule has 1 saturated heterocycles. The lowest BCUT2D eigenvalue weighted by molar-refractivity contribution is -0.131. The van der Waals surface area contributed by atoms with E-state index in [0.29, 0.717) is 13.1 Å². The Kier molecular flexibility index (Phi) is 3.92. The van der Waals surface area contributed by atoms with Crippen LogP contribution in [-0.2, 0) is 11.3 Å². The minimum Gasteiger partial charge on any atom is -0.340 e. The van der Waals surface area contributed by atoms with Crippen LogP contribution in [0.2, 0.25) is 0 Å². The molecule has 2 aromatic rings. The van der Waals surface area contributed by atoms with Crippen LogP contribution < -0.4 is 0 Å². The van der Waals surface area contributed by atoms with Gasteiger partial charge in [-0.05, 0) is 38.8 Å². The average Bonchev–Trinajstić information content (AvgIpc) is 3.07. The van der Waals surface area contributed by atoms with Crippen molar-refractivity contribution < 1.29 is 4.79 Å². The third kappa shape index (κ3) is 3.16. The molecule has 1 atom stereocenters. The van der Waals surface area contributed by atoms with Gasteiger partial charge >= 0.3 is 0 Å². The van der Waals surface area contributed by atoms with Crippen molar-refractivity contribution in [3.05, 3.63) is 41.2 Å². The molecule has 2 aromatic heterocycles. The van der Waals surface area contributed by atoms with Gasteiger partial charge in [-0.25, -0.2) is 9.97 Å². The van der Waals surface area contributed by atoms with Crippen molar-refractivity contribution in [1.82, 2.24) is 24.6 Å². The Hall–Kier alpha value is -2.24. The maximum Gasteiger partial charge on any atom is 0.244 e. The summed E-state index contributed by atoms with van der Waals surface area (Å²) in [5.41, 5.74) is 3.04. The van der Waals surface area contributed by atoms with Crippen molar-refractivity contribution >= 4 is 5.91 Å². The summed E-state index contributed by atoms with van der Waals surface area (Å²) < 4.78 is 1.69. The Labute approximate surface area is 130 Å². The van der Waals surface area contributed by atoms with Gasteiger partial charge in [-0.15, -0.1) is 0 Å². The summed E-state index contributed by atoms with van der Waals surface area (Å²) >= 11 is 0. The molecule has 0 N–H and O–H groups in total. The zero-order chi connectivity index (χ0) is 15.7. The van der Waals surface area contributed by atoms with E-state index in [-0.39, 0.29) is 11.8 Å². The van der Waals surface area contributed by atoms with Crippen molar-refractivity contribution in [2.75, 3.05) is 13.1 Å². The Morgan fingerprint density at radius 1 is 1.27 bits per heavy atom. The average molecular weight is 299 g/mol. The number of likely N-dealkylation sites (tertiary alicyclic amines) is 1. The third-order valence-corrected chi connectivity index (χ3v) is 3.97. The summed E-state index contributed by atoms with van der Waals surface area (Å²) in [5, 5.41) is 4.17. The SMILES string of the molecule is Cc1cnn(CC(=O)N2CC[C@@H](c3nc(C)cc(C)n3)C2)c1. The summed E-state index contributed by atoms with van der Waals surface area (Å²) in [6.45, 7) is 7.69. The molecule has 0 bridgehead atoms. The van der Waals surface area contributed by atoms with Gasteiger partial charge in [-0.1, -0.05) is 0 Å². The highest BCUT2D eigenvalue weighted by Crippen LogP contribution is 2.25. The van der Waals surface area contributed by atoms with Crippen LogP contribution in [0.4, 0.5) is 0 Å². The Balaban J connectivity index is 1.65. The quantitative estimate of drug-likeness (QED) is 0.864. The first-order chi connectivity index (χ1) is 10.5. The van der Waals surface area contributed by atoms with Gasteiger partial charge in [-0.3, -0.25) is 9.48 Å². The molecule has 116 valence electrons. The van der Waals surface area contributed by atoms with Crippen LogP contribution in [0.25, 0.3) is 0 Å².